The van der Waals surface area contributed by atoms with Crippen molar-refractivity contribution < 1.29 is 17.9 Å². The number of ether oxygens (including phenoxy) is 1. The van der Waals surface area contributed by atoms with E-state index in [2.05, 4.69) is 4.74 Å². The maximum Gasteiger partial charge on any atom is 0.325 e. The molecule has 0 aromatic carbocycles. The topological polar surface area (TPSA) is 63.7 Å². The number of nitrogens with zero attached hydrogens (tertiary/aromatic N) is 1. The average molecular weight is 221 g/mol. The molecule has 1 rings (SSSR count). The Bertz CT molecular complexity index is 322. The summed E-state index contributed by atoms with van der Waals surface area (Å²) in [6, 6.07) is -0.102. The molecule has 0 saturated carbocycles. The minimum atomic E-state index is -3.48. The van der Waals surface area contributed by atoms with Crippen molar-refractivity contribution in [2.24, 2.45) is 0 Å². The average Bonchev–Trinajstić information content (AvgIpc) is 2.39. The second kappa shape index (κ2) is 3.86. The number of esters is 1. The molecule has 5 nitrogen and oxygen atoms in total. The summed E-state index contributed by atoms with van der Waals surface area (Å²) in [7, 11) is -2.28. The van der Waals surface area contributed by atoms with Gasteiger partial charge in [-0.05, 0) is 20.3 Å². The molecule has 1 unspecified atom stereocenters. The summed E-state index contributed by atoms with van der Waals surface area (Å²) < 4.78 is 29.3. The standard InChI is InChI=1S/C8H15NO4S/c1-6(2)9-5-4-7(8(10)13-3)14(9,11)12/h6-7H,4-5H2,1-3H3. The van der Waals surface area contributed by atoms with E-state index in [1.165, 1.54) is 11.4 Å². The fourth-order valence-electron chi connectivity index (χ4n) is 1.61. The summed E-state index contributed by atoms with van der Waals surface area (Å²) >= 11 is 0. The van der Waals surface area contributed by atoms with E-state index < -0.39 is 21.2 Å². The normalized spacial score (nSPS) is 26.7. The lowest BCUT2D eigenvalue weighted by molar-refractivity contribution is -0.140. The molecule has 0 aromatic rings. The van der Waals surface area contributed by atoms with Crippen LogP contribution in [0.5, 0.6) is 0 Å². The summed E-state index contributed by atoms with van der Waals surface area (Å²) in [5.41, 5.74) is 0. The number of hydrogen-bond donors (Lipinski definition) is 0. The predicted octanol–water partition coefficient (Wildman–Crippen LogP) is -0.0281. The van der Waals surface area contributed by atoms with Crippen molar-refractivity contribution in [2.45, 2.75) is 31.6 Å². The minimum Gasteiger partial charge on any atom is -0.468 e. The highest BCUT2D eigenvalue weighted by molar-refractivity contribution is 7.90. The molecule has 1 saturated heterocycles. The first kappa shape index (κ1) is 11.5. The molecule has 1 aliphatic heterocycles. The van der Waals surface area contributed by atoms with Crippen LogP contribution in [0.15, 0.2) is 0 Å². The summed E-state index contributed by atoms with van der Waals surface area (Å²) in [4.78, 5) is 11.2. The predicted molar refractivity (Wildman–Crippen MR) is 51.2 cm³/mol. The van der Waals surface area contributed by atoms with Gasteiger partial charge in [0.05, 0.1) is 7.11 Å². The molecule has 82 valence electrons. The maximum absolute atomic E-state index is 11.8. The van der Waals surface area contributed by atoms with Crippen molar-refractivity contribution in [3.63, 3.8) is 0 Å². The Labute approximate surface area is 84.1 Å². The number of hydrogen-bond acceptors (Lipinski definition) is 4. The van der Waals surface area contributed by atoms with Gasteiger partial charge in [0.15, 0.2) is 5.25 Å². The van der Waals surface area contributed by atoms with E-state index in [0.29, 0.717) is 13.0 Å². The smallest absolute Gasteiger partial charge is 0.325 e. The van der Waals surface area contributed by atoms with Gasteiger partial charge in [-0.1, -0.05) is 0 Å². The molecular weight excluding hydrogens is 206 g/mol. The Hall–Kier alpha value is -0.620. The van der Waals surface area contributed by atoms with Crippen molar-refractivity contribution in [3.05, 3.63) is 0 Å². The number of rotatable bonds is 2. The van der Waals surface area contributed by atoms with Gasteiger partial charge in [0, 0.05) is 12.6 Å². The van der Waals surface area contributed by atoms with Crippen LogP contribution in [0.25, 0.3) is 0 Å². The third kappa shape index (κ3) is 1.76. The van der Waals surface area contributed by atoms with Crippen LogP contribution >= 0.6 is 0 Å². The second-order valence-electron chi connectivity index (χ2n) is 3.55. The van der Waals surface area contributed by atoms with Gasteiger partial charge in [-0.15, -0.1) is 0 Å². The molecule has 1 aliphatic rings. The number of carbonyl (C=O) groups is 1. The van der Waals surface area contributed by atoms with Crippen molar-refractivity contribution in [3.8, 4) is 0 Å². The molecule has 0 bridgehead atoms. The van der Waals surface area contributed by atoms with Crippen molar-refractivity contribution >= 4 is 16.0 Å². The number of methoxy groups -OCH3 is 1. The molecule has 1 heterocycles. The van der Waals surface area contributed by atoms with Gasteiger partial charge in [0.2, 0.25) is 10.0 Å². The van der Waals surface area contributed by atoms with E-state index in [4.69, 9.17) is 0 Å². The fraction of sp³-hybridized carbons (Fsp3) is 0.875. The summed E-state index contributed by atoms with van der Waals surface area (Å²) in [5.74, 6) is -0.659. The Morgan fingerprint density at radius 3 is 2.43 bits per heavy atom. The van der Waals surface area contributed by atoms with Crippen LogP contribution in [0, 0.1) is 0 Å². The molecule has 6 heteroatoms. The van der Waals surface area contributed by atoms with Crippen molar-refractivity contribution in [2.75, 3.05) is 13.7 Å². The van der Waals surface area contributed by atoms with E-state index in [0.717, 1.165) is 0 Å². The molecule has 1 atom stereocenters. The van der Waals surface area contributed by atoms with E-state index >= 15 is 0 Å². The monoisotopic (exact) mass is 221 g/mol. The van der Waals surface area contributed by atoms with Crippen LogP contribution in [-0.2, 0) is 19.6 Å². The quantitative estimate of drug-likeness (QED) is 0.614. The van der Waals surface area contributed by atoms with Crippen LogP contribution in [0.4, 0.5) is 0 Å². The fourth-order valence-corrected chi connectivity index (χ4v) is 3.62. The van der Waals surface area contributed by atoms with Gasteiger partial charge in [0.25, 0.3) is 0 Å². The molecule has 1 fully saturated rings. The third-order valence-corrected chi connectivity index (χ3v) is 4.74. The minimum absolute atomic E-state index is 0.102. The Morgan fingerprint density at radius 2 is 2.07 bits per heavy atom. The largest absolute Gasteiger partial charge is 0.468 e. The van der Waals surface area contributed by atoms with Gasteiger partial charge < -0.3 is 4.74 Å². The highest BCUT2D eigenvalue weighted by Crippen LogP contribution is 2.24. The zero-order valence-corrected chi connectivity index (χ0v) is 9.37. The first-order valence-electron chi connectivity index (χ1n) is 4.49. The second-order valence-corrected chi connectivity index (χ2v) is 5.62. The van der Waals surface area contributed by atoms with Gasteiger partial charge >= 0.3 is 5.97 Å². The molecule has 14 heavy (non-hydrogen) atoms. The van der Waals surface area contributed by atoms with Crippen LogP contribution in [0.3, 0.4) is 0 Å². The molecule has 0 amide bonds. The highest BCUT2D eigenvalue weighted by Gasteiger charge is 2.45. The Kier molecular flexibility index (Phi) is 3.16. The molecule has 0 radical (unpaired) electrons. The van der Waals surface area contributed by atoms with Gasteiger partial charge in [-0.2, -0.15) is 4.31 Å². The van der Waals surface area contributed by atoms with Crippen LogP contribution < -0.4 is 0 Å². The summed E-state index contributed by atoms with van der Waals surface area (Å²) in [6.45, 7) is 3.98. The molecule has 0 aliphatic carbocycles. The zero-order chi connectivity index (χ0) is 10.9. The number of carbonyl (C=O) groups excluding carboxylic acids is 1. The zero-order valence-electron chi connectivity index (χ0n) is 8.56. The molecule has 0 aromatic heterocycles. The van der Waals surface area contributed by atoms with E-state index in [-0.39, 0.29) is 6.04 Å². The lowest BCUT2D eigenvalue weighted by Crippen LogP contribution is -2.37. The Morgan fingerprint density at radius 1 is 1.50 bits per heavy atom. The summed E-state index contributed by atoms with van der Waals surface area (Å²) in [5, 5.41) is -1.00. The first-order valence-corrected chi connectivity index (χ1v) is 6.00. The highest BCUT2D eigenvalue weighted by atomic mass is 32.2. The van der Waals surface area contributed by atoms with Crippen LogP contribution in [-0.4, -0.2) is 43.6 Å². The van der Waals surface area contributed by atoms with E-state index in [1.807, 2.05) is 0 Å². The van der Waals surface area contributed by atoms with Crippen molar-refractivity contribution in [1.29, 1.82) is 0 Å². The van der Waals surface area contributed by atoms with Gasteiger partial charge in [-0.3, -0.25) is 4.79 Å². The van der Waals surface area contributed by atoms with Gasteiger partial charge in [-0.25, -0.2) is 8.42 Å². The maximum atomic E-state index is 11.8. The number of sulfonamides is 1. The molecule has 0 spiro atoms. The van der Waals surface area contributed by atoms with Crippen molar-refractivity contribution in [1.82, 2.24) is 4.31 Å². The van der Waals surface area contributed by atoms with E-state index in [1.54, 1.807) is 13.8 Å². The SMILES string of the molecule is COC(=O)C1CCN(C(C)C)S1(=O)=O. The van der Waals surface area contributed by atoms with Crippen LogP contribution in [0.2, 0.25) is 0 Å². The summed E-state index contributed by atoms with van der Waals surface area (Å²) in [6.07, 6.45) is 0.327. The lowest BCUT2D eigenvalue weighted by atomic mass is 10.3. The first-order chi connectivity index (χ1) is 6.41. The molecular formula is C8H15NO4S. The third-order valence-electron chi connectivity index (χ3n) is 2.34. The van der Waals surface area contributed by atoms with Crippen LogP contribution in [0.1, 0.15) is 20.3 Å². The lowest BCUT2D eigenvalue weighted by Gasteiger charge is -2.19. The molecule has 0 N–H and O–H groups in total. The van der Waals surface area contributed by atoms with E-state index in [9.17, 15) is 13.2 Å². The van der Waals surface area contributed by atoms with Gasteiger partial charge in [0.1, 0.15) is 0 Å². The Balaban J connectivity index is 2.93.